The first kappa shape index (κ1) is 29.5. The largest absolute Gasteiger partial charge is 1.00 e. The molecule has 2 aromatic heterocycles. The molecule has 2 unspecified atom stereocenters. The Balaban J connectivity index is 0. The van der Waals surface area contributed by atoms with Crippen LogP contribution in [0, 0.1) is 0 Å². The van der Waals surface area contributed by atoms with Gasteiger partial charge in [-0.2, -0.15) is 0 Å². The van der Waals surface area contributed by atoms with E-state index in [4.69, 9.17) is 10.5 Å². The van der Waals surface area contributed by atoms with E-state index in [-0.39, 0.29) is 87.0 Å². The van der Waals surface area contributed by atoms with Crippen LogP contribution < -0.4 is 74.6 Å². The van der Waals surface area contributed by atoms with Gasteiger partial charge in [-0.15, -0.1) is 0 Å². The Bertz CT molecular complexity index is 777. The molecule has 0 aliphatic carbocycles. The summed E-state index contributed by atoms with van der Waals surface area (Å²) in [6.07, 6.45) is -2.75. The van der Waals surface area contributed by atoms with Crippen molar-refractivity contribution in [2.24, 2.45) is 0 Å². The van der Waals surface area contributed by atoms with Crippen LogP contribution in [0.1, 0.15) is 6.23 Å². The number of phosphoric acid groups is 1. The monoisotopic (exact) mass is 427 g/mol. The Morgan fingerprint density at radius 2 is 1.85 bits per heavy atom. The van der Waals surface area contributed by atoms with Crippen molar-refractivity contribution < 1.29 is 104 Å². The second-order valence-corrected chi connectivity index (χ2v) is 6.02. The van der Waals surface area contributed by atoms with Gasteiger partial charge >= 0.3 is 59.1 Å². The van der Waals surface area contributed by atoms with Crippen LogP contribution in [-0.4, -0.2) is 65.6 Å². The second kappa shape index (κ2) is 11.4. The first-order valence-electron chi connectivity index (χ1n) is 6.39. The SMILES string of the molecule is Nc1ncnc2c1ncn2[C@@H]1O[C@H](COP(=O)([O-])[O-])C(O)C1O.O.O.[Na+].[Na+]. The van der Waals surface area contributed by atoms with Crippen LogP contribution in [0.4, 0.5) is 5.82 Å². The minimum Gasteiger partial charge on any atom is -0.790 e. The van der Waals surface area contributed by atoms with Gasteiger partial charge < -0.3 is 50.5 Å². The van der Waals surface area contributed by atoms with E-state index in [1.54, 1.807) is 0 Å². The number of fused-ring (bicyclic) bond motifs is 1. The standard InChI is InChI=1S/C10H14N5O7P.2Na.2H2O/c11-8-5-9(13-2-12-8)15(3-14-5)10-7(17)6(16)4(22-10)1-21-23(18,19)20;;;;/h2-4,6-7,10,16-17H,1H2,(H2,11,12,13)(H2,18,19,20);;;2*1H2/q;2*+1;;/p-2/t4-,6?,7?,10-;;;;/m1..../s1. The Labute approximate surface area is 196 Å². The van der Waals surface area contributed by atoms with Crippen LogP contribution in [0.3, 0.4) is 0 Å². The molecule has 1 aliphatic rings. The number of aliphatic hydroxyl groups excluding tert-OH is 2. The van der Waals surface area contributed by atoms with Crippen LogP contribution in [-0.2, 0) is 13.8 Å². The van der Waals surface area contributed by atoms with Crippen molar-refractivity contribution in [3.63, 3.8) is 0 Å². The maximum absolute atomic E-state index is 10.5. The van der Waals surface area contributed by atoms with Gasteiger partial charge in [-0.1, -0.05) is 0 Å². The number of aliphatic hydroxyl groups is 2. The molecule has 17 heteroatoms. The number of rotatable bonds is 4. The molecule has 1 aliphatic heterocycles. The maximum atomic E-state index is 10.5. The van der Waals surface area contributed by atoms with Crippen LogP contribution in [0.5, 0.6) is 0 Å². The molecular formula is C10H16N5Na2O9P. The molecule has 3 rings (SSSR count). The number of nitrogen functional groups attached to an aromatic ring is 1. The fraction of sp³-hybridized carbons (Fsp3) is 0.500. The van der Waals surface area contributed by atoms with E-state index in [0.717, 1.165) is 0 Å². The predicted molar refractivity (Wildman–Crippen MR) is 76.4 cm³/mol. The summed E-state index contributed by atoms with van der Waals surface area (Å²) in [4.78, 5) is 32.8. The average molecular weight is 427 g/mol. The molecule has 0 bridgehead atoms. The van der Waals surface area contributed by atoms with Crippen molar-refractivity contribution in [3.05, 3.63) is 12.7 Å². The average Bonchev–Trinajstić information content (AvgIpc) is 3.01. The smallest absolute Gasteiger partial charge is 0.790 e. The van der Waals surface area contributed by atoms with E-state index < -0.39 is 39.0 Å². The molecule has 0 spiro atoms. The maximum Gasteiger partial charge on any atom is 1.00 e. The van der Waals surface area contributed by atoms with Crippen molar-refractivity contribution in [1.29, 1.82) is 0 Å². The molecule has 0 saturated carbocycles. The van der Waals surface area contributed by atoms with Crippen molar-refractivity contribution in [2.45, 2.75) is 24.5 Å². The molecule has 1 saturated heterocycles. The van der Waals surface area contributed by atoms with Gasteiger partial charge in [-0.25, -0.2) is 15.0 Å². The van der Waals surface area contributed by atoms with Gasteiger partial charge in [0.2, 0.25) is 0 Å². The molecule has 0 radical (unpaired) electrons. The van der Waals surface area contributed by atoms with E-state index in [9.17, 15) is 24.6 Å². The van der Waals surface area contributed by atoms with E-state index >= 15 is 0 Å². The van der Waals surface area contributed by atoms with E-state index in [1.807, 2.05) is 0 Å². The van der Waals surface area contributed by atoms with E-state index in [2.05, 4.69) is 19.5 Å². The van der Waals surface area contributed by atoms with Crippen molar-refractivity contribution in [3.8, 4) is 0 Å². The number of phosphoric ester groups is 1. The minimum atomic E-state index is -5.22. The van der Waals surface area contributed by atoms with Crippen LogP contribution in [0.2, 0.25) is 0 Å². The molecule has 1 fully saturated rings. The quantitative estimate of drug-likeness (QED) is 0.305. The second-order valence-electron chi connectivity index (χ2n) is 4.87. The third-order valence-electron chi connectivity index (χ3n) is 3.40. The zero-order valence-corrected chi connectivity index (χ0v) is 19.3. The summed E-state index contributed by atoms with van der Waals surface area (Å²) in [6.45, 7) is -0.719. The normalized spacial score (nSPS) is 24.3. The molecule has 3 heterocycles. The van der Waals surface area contributed by atoms with E-state index in [0.29, 0.717) is 0 Å². The first-order chi connectivity index (χ1) is 10.8. The topological polar surface area (TPSA) is 255 Å². The van der Waals surface area contributed by atoms with Gasteiger partial charge in [0.15, 0.2) is 17.7 Å². The summed E-state index contributed by atoms with van der Waals surface area (Å²) in [5, 5.41) is 20.0. The molecule has 142 valence electrons. The zero-order valence-electron chi connectivity index (χ0n) is 14.4. The number of nitrogens with two attached hydrogens (primary N) is 1. The molecule has 2 aromatic rings. The summed E-state index contributed by atoms with van der Waals surface area (Å²) in [6, 6.07) is 0. The Kier molecular flexibility index (Phi) is 12.5. The van der Waals surface area contributed by atoms with Gasteiger partial charge in [-0.05, 0) is 0 Å². The molecule has 14 nitrogen and oxygen atoms in total. The minimum absolute atomic E-state index is 0. The third kappa shape index (κ3) is 6.37. The number of aromatic nitrogens is 4. The first-order valence-corrected chi connectivity index (χ1v) is 7.85. The summed E-state index contributed by atoms with van der Waals surface area (Å²) >= 11 is 0. The molecule has 8 N–H and O–H groups in total. The van der Waals surface area contributed by atoms with Gasteiger partial charge in [-0.3, -0.25) is 4.57 Å². The Hall–Kier alpha value is 0.260. The molecule has 4 atom stereocenters. The molecule has 0 amide bonds. The van der Waals surface area contributed by atoms with Crippen molar-refractivity contribution in [2.75, 3.05) is 12.3 Å². The molecule has 27 heavy (non-hydrogen) atoms. The number of imidazole rings is 1. The number of ether oxygens (including phenoxy) is 1. The Morgan fingerprint density at radius 3 is 2.44 bits per heavy atom. The van der Waals surface area contributed by atoms with Crippen molar-refractivity contribution >= 4 is 24.8 Å². The fourth-order valence-corrected chi connectivity index (χ4v) is 2.65. The van der Waals surface area contributed by atoms with Crippen LogP contribution >= 0.6 is 7.82 Å². The molecule has 0 aromatic carbocycles. The van der Waals surface area contributed by atoms with Crippen LogP contribution in [0.25, 0.3) is 11.2 Å². The third-order valence-corrected chi connectivity index (χ3v) is 3.86. The summed E-state index contributed by atoms with van der Waals surface area (Å²) in [5.74, 6) is 0.125. The van der Waals surface area contributed by atoms with Gasteiger partial charge in [0, 0.05) is 0 Å². The number of hydrogen-bond acceptors (Lipinski definition) is 11. The van der Waals surface area contributed by atoms with Gasteiger partial charge in [0.1, 0.15) is 30.2 Å². The van der Waals surface area contributed by atoms with Gasteiger partial charge in [0.25, 0.3) is 0 Å². The summed E-state index contributed by atoms with van der Waals surface area (Å²) in [7, 11) is -5.22. The number of nitrogens with zero attached hydrogens (tertiary/aromatic N) is 4. The summed E-state index contributed by atoms with van der Waals surface area (Å²) < 4.78 is 21.3. The van der Waals surface area contributed by atoms with Gasteiger partial charge in [0.05, 0.1) is 20.8 Å². The summed E-state index contributed by atoms with van der Waals surface area (Å²) in [5.41, 5.74) is 6.19. The molecular weight excluding hydrogens is 411 g/mol. The van der Waals surface area contributed by atoms with E-state index in [1.165, 1.54) is 17.2 Å². The zero-order chi connectivity index (χ0) is 16.8. The number of anilines is 1. The Morgan fingerprint density at radius 1 is 1.22 bits per heavy atom. The van der Waals surface area contributed by atoms with Crippen LogP contribution in [0.15, 0.2) is 12.7 Å². The predicted octanol–water partition coefficient (Wildman–Crippen LogP) is -10.8. The number of hydrogen-bond donors (Lipinski definition) is 3. The fourth-order valence-electron chi connectivity index (χ4n) is 2.32. The van der Waals surface area contributed by atoms with Crippen molar-refractivity contribution in [1.82, 2.24) is 19.5 Å².